The highest BCUT2D eigenvalue weighted by Gasteiger charge is 2.20. The van der Waals surface area contributed by atoms with Crippen LogP contribution in [0, 0.1) is 21.7 Å². The van der Waals surface area contributed by atoms with E-state index in [1.807, 2.05) is 0 Å². The molecular formula is C18H11F2N3O4S. The minimum atomic E-state index is -0.881. The summed E-state index contributed by atoms with van der Waals surface area (Å²) >= 11 is 4.93. The van der Waals surface area contributed by atoms with E-state index in [0.717, 1.165) is 12.1 Å². The zero-order chi connectivity index (χ0) is 20.3. The minimum Gasteiger partial charge on any atom is -0.451 e. The van der Waals surface area contributed by atoms with E-state index < -0.39 is 22.5 Å². The Balaban J connectivity index is 1.72. The minimum absolute atomic E-state index is 0.119. The van der Waals surface area contributed by atoms with Crippen molar-refractivity contribution in [3.63, 3.8) is 0 Å². The van der Waals surface area contributed by atoms with Crippen molar-refractivity contribution in [1.82, 2.24) is 5.32 Å². The number of hydrogen-bond donors (Lipinski definition) is 2. The molecule has 7 nitrogen and oxygen atoms in total. The van der Waals surface area contributed by atoms with Crippen LogP contribution >= 0.6 is 12.2 Å². The summed E-state index contributed by atoms with van der Waals surface area (Å²) in [7, 11) is 0. The molecule has 0 atom stereocenters. The van der Waals surface area contributed by atoms with Gasteiger partial charge in [0.15, 0.2) is 10.9 Å². The number of hydrogen-bond acceptors (Lipinski definition) is 5. The number of nitro benzene ring substituents is 1. The highest BCUT2D eigenvalue weighted by Crippen LogP contribution is 2.30. The number of nitrogens with zero attached hydrogens (tertiary/aromatic N) is 1. The van der Waals surface area contributed by atoms with Crippen molar-refractivity contribution >= 4 is 34.6 Å². The molecule has 0 aliphatic rings. The molecular weight excluding hydrogens is 392 g/mol. The number of para-hydroxylation sites is 1. The first-order valence-electron chi connectivity index (χ1n) is 7.76. The molecule has 0 aliphatic carbocycles. The van der Waals surface area contributed by atoms with Crippen molar-refractivity contribution < 1.29 is 22.9 Å². The van der Waals surface area contributed by atoms with Crippen molar-refractivity contribution in [2.45, 2.75) is 0 Å². The fourth-order valence-electron chi connectivity index (χ4n) is 2.36. The maximum absolute atomic E-state index is 13.6. The smallest absolute Gasteiger partial charge is 0.293 e. The van der Waals surface area contributed by atoms with Crippen LogP contribution in [-0.2, 0) is 0 Å². The predicted octanol–water partition coefficient (Wildman–Crippen LogP) is 4.26. The fraction of sp³-hybridized carbons (Fsp3) is 0. The number of anilines is 1. The number of thiocarbonyl (C=S) groups is 1. The van der Waals surface area contributed by atoms with E-state index in [9.17, 15) is 23.7 Å². The second-order valence-corrected chi connectivity index (χ2v) is 5.88. The van der Waals surface area contributed by atoms with E-state index in [1.54, 1.807) is 6.07 Å². The molecule has 0 aliphatic heterocycles. The summed E-state index contributed by atoms with van der Waals surface area (Å²) in [6.45, 7) is 0. The predicted molar refractivity (Wildman–Crippen MR) is 101 cm³/mol. The number of carbonyl (C=O) groups is 1. The molecule has 0 saturated heterocycles. The molecule has 2 aromatic carbocycles. The van der Waals surface area contributed by atoms with Crippen molar-refractivity contribution in [3.8, 4) is 11.3 Å². The average molecular weight is 403 g/mol. The standard InChI is InChI=1S/C18H11F2N3O4S/c19-10-5-6-13(12(20)9-10)21-18(28)22-17(24)16-8-7-15(27-16)11-3-1-2-4-14(11)23(25)26/h1-9H,(H2,21,22,24,28). The number of rotatable bonds is 4. The Bertz CT molecular complexity index is 1080. The van der Waals surface area contributed by atoms with Crippen molar-refractivity contribution in [2.75, 3.05) is 5.32 Å². The molecule has 28 heavy (non-hydrogen) atoms. The van der Waals surface area contributed by atoms with Gasteiger partial charge < -0.3 is 9.73 Å². The van der Waals surface area contributed by atoms with Crippen LogP contribution in [0.25, 0.3) is 11.3 Å². The quantitative estimate of drug-likeness (QED) is 0.384. The summed E-state index contributed by atoms with van der Waals surface area (Å²) < 4.78 is 31.9. The first kappa shape index (κ1) is 19.1. The van der Waals surface area contributed by atoms with Gasteiger partial charge in [0.1, 0.15) is 17.4 Å². The fourth-order valence-corrected chi connectivity index (χ4v) is 2.56. The molecule has 3 aromatic rings. The number of carbonyl (C=O) groups excluding carboxylic acids is 1. The lowest BCUT2D eigenvalue weighted by Gasteiger charge is -2.09. The highest BCUT2D eigenvalue weighted by atomic mass is 32.1. The summed E-state index contributed by atoms with van der Waals surface area (Å²) in [5.41, 5.74) is -0.0832. The number of halogens is 2. The SMILES string of the molecule is O=C(NC(=S)Nc1ccc(F)cc1F)c1ccc(-c2ccccc2[N+](=O)[O-])o1. The van der Waals surface area contributed by atoms with Gasteiger partial charge >= 0.3 is 0 Å². The molecule has 1 amide bonds. The Labute approximate surface area is 162 Å². The largest absolute Gasteiger partial charge is 0.451 e. The Kier molecular flexibility index (Phi) is 5.41. The molecule has 10 heteroatoms. The summed E-state index contributed by atoms with van der Waals surface area (Å²) in [4.78, 5) is 22.8. The third-order valence-electron chi connectivity index (χ3n) is 3.60. The molecule has 1 heterocycles. The van der Waals surface area contributed by atoms with Crippen LogP contribution in [0.2, 0.25) is 0 Å². The molecule has 0 radical (unpaired) electrons. The summed E-state index contributed by atoms with van der Waals surface area (Å²) in [6, 6.07) is 11.5. The molecule has 0 fully saturated rings. The molecule has 3 rings (SSSR count). The van der Waals surface area contributed by atoms with E-state index in [4.69, 9.17) is 16.6 Å². The van der Waals surface area contributed by atoms with Crippen LogP contribution in [-0.4, -0.2) is 15.9 Å². The van der Waals surface area contributed by atoms with Gasteiger partial charge in [0.05, 0.1) is 16.2 Å². The van der Waals surface area contributed by atoms with E-state index in [-0.39, 0.29) is 33.6 Å². The number of amides is 1. The molecule has 0 spiro atoms. The Morgan fingerprint density at radius 2 is 1.86 bits per heavy atom. The Hall–Kier alpha value is -3.66. The zero-order valence-electron chi connectivity index (χ0n) is 13.9. The molecule has 0 bridgehead atoms. The van der Waals surface area contributed by atoms with E-state index in [0.29, 0.717) is 6.07 Å². The molecule has 142 valence electrons. The van der Waals surface area contributed by atoms with Crippen LogP contribution in [0.1, 0.15) is 10.6 Å². The highest BCUT2D eigenvalue weighted by molar-refractivity contribution is 7.80. The van der Waals surface area contributed by atoms with Gasteiger partial charge in [-0.2, -0.15) is 0 Å². The lowest BCUT2D eigenvalue weighted by molar-refractivity contribution is -0.384. The molecule has 0 saturated carbocycles. The number of furan rings is 1. The maximum Gasteiger partial charge on any atom is 0.293 e. The van der Waals surface area contributed by atoms with Gasteiger partial charge in [-0.3, -0.25) is 20.2 Å². The lowest BCUT2D eigenvalue weighted by atomic mass is 10.1. The lowest BCUT2D eigenvalue weighted by Crippen LogP contribution is -2.34. The van der Waals surface area contributed by atoms with Crippen molar-refractivity contribution in [1.29, 1.82) is 0 Å². The molecule has 0 unspecified atom stereocenters. The van der Waals surface area contributed by atoms with E-state index >= 15 is 0 Å². The normalized spacial score (nSPS) is 10.4. The van der Waals surface area contributed by atoms with Crippen LogP contribution < -0.4 is 10.6 Å². The molecule has 2 N–H and O–H groups in total. The Morgan fingerprint density at radius 3 is 2.57 bits per heavy atom. The second-order valence-electron chi connectivity index (χ2n) is 5.47. The van der Waals surface area contributed by atoms with Gasteiger partial charge in [-0.25, -0.2) is 8.78 Å². The van der Waals surface area contributed by atoms with Crippen molar-refractivity contribution in [2.24, 2.45) is 0 Å². The van der Waals surface area contributed by atoms with E-state index in [2.05, 4.69) is 10.6 Å². The van der Waals surface area contributed by atoms with Crippen LogP contribution in [0.4, 0.5) is 20.2 Å². The number of nitro groups is 1. The average Bonchev–Trinajstić information content (AvgIpc) is 3.14. The van der Waals surface area contributed by atoms with Gasteiger partial charge in [0.25, 0.3) is 11.6 Å². The number of benzene rings is 2. The first-order valence-corrected chi connectivity index (χ1v) is 8.17. The Morgan fingerprint density at radius 1 is 1.11 bits per heavy atom. The van der Waals surface area contributed by atoms with Crippen LogP contribution in [0.3, 0.4) is 0 Å². The molecule has 1 aromatic heterocycles. The zero-order valence-corrected chi connectivity index (χ0v) is 14.8. The van der Waals surface area contributed by atoms with Crippen LogP contribution in [0.5, 0.6) is 0 Å². The third-order valence-corrected chi connectivity index (χ3v) is 3.81. The summed E-state index contributed by atoms with van der Waals surface area (Å²) in [5, 5.41) is 15.6. The van der Waals surface area contributed by atoms with Gasteiger partial charge in [-0.15, -0.1) is 0 Å². The van der Waals surface area contributed by atoms with Crippen LogP contribution in [0.15, 0.2) is 59.0 Å². The first-order chi connectivity index (χ1) is 13.3. The van der Waals surface area contributed by atoms with Gasteiger partial charge in [0, 0.05) is 12.1 Å². The third kappa shape index (κ3) is 4.18. The maximum atomic E-state index is 13.6. The van der Waals surface area contributed by atoms with Crippen molar-refractivity contribution in [3.05, 3.63) is 82.1 Å². The van der Waals surface area contributed by atoms with E-state index in [1.165, 1.54) is 30.3 Å². The second kappa shape index (κ2) is 7.92. The monoisotopic (exact) mass is 403 g/mol. The van der Waals surface area contributed by atoms with Gasteiger partial charge in [0.2, 0.25) is 0 Å². The number of nitrogens with one attached hydrogen (secondary N) is 2. The van der Waals surface area contributed by atoms with Gasteiger partial charge in [-0.05, 0) is 42.5 Å². The summed E-state index contributed by atoms with van der Waals surface area (Å²) in [5.74, 6) is -2.41. The summed E-state index contributed by atoms with van der Waals surface area (Å²) in [6.07, 6.45) is 0. The van der Waals surface area contributed by atoms with Gasteiger partial charge in [-0.1, -0.05) is 12.1 Å². The topological polar surface area (TPSA) is 97.4 Å².